The van der Waals surface area contributed by atoms with E-state index in [0.29, 0.717) is 36.3 Å². The third-order valence-electron chi connectivity index (χ3n) is 4.36. The van der Waals surface area contributed by atoms with E-state index in [9.17, 15) is 9.59 Å². The molecule has 26 heavy (non-hydrogen) atoms. The zero-order valence-electron chi connectivity index (χ0n) is 13.8. The Morgan fingerprint density at radius 2 is 2.12 bits per heavy atom. The Morgan fingerprint density at radius 3 is 2.85 bits per heavy atom. The van der Waals surface area contributed by atoms with Crippen LogP contribution in [0.1, 0.15) is 22.0 Å². The summed E-state index contributed by atoms with van der Waals surface area (Å²) in [5, 5.41) is 13.3. The third kappa shape index (κ3) is 4.10. The highest BCUT2D eigenvalue weighted by Crippen LogP contribution is 2.32. The number of hydrogen-bond acceptors (Lipinski definition) is 4. The van der Waals surface area contributed by atoms with Gasteiger partial charge in [0.25, 0.3) is 5.56 Å². The highest BCUT2D eigenvalue weighted by Gasteiger charge is 2.27. The molecule has 1 saturated heterocycles. The van der Waals surface area contributed by atoms with Crippen LogP contribution in [0.25, 0.3) is 0 Å². The molecule has 2 aromatic rings. The quantitative estimate of drug-likeness (QED) is 0.830. The number of aromatic carboxylic acids is 1. The third-order valence-corrected chi connectivity index (χ3v) is 5.10. The molecule has 2 unspecified atom stereocenters. The van der Waals surface area contributed by atoms with Gasteiger partial charge in [-0.15, -0.1) is 0 Å². The number of halogens is 2. The first kappa shape index (κ1) is 18.9. The van der Waals surface area contributed by atoms with Gasteiger partial charge in [0.15, 0.2) is 0 Å². The summed E-state index contributed by atoms with van der Waals surface area (Å²) in [6.45, 7) is 2.15. The van der Waals surface area contributed by atoms with E-state index < -0.39 is 11.5 Å². The molecule has 1 aromatic carbocycles. The van der Waals surface area contributed by atoms with Gasteiger partial charge in [0, 0.05) is 31.7 Å². The SMILES string of the molecule is O=C(O)c1cccn(CC2CNCCOC2c2ccc(Cl)c(Cl)c2)c1=O. The van der Waals surface area contributed by atoms with E-state index in [2.05, 4.69) is 5.32 Å². The molecule has 1 aliphatic heterocycles. The summed E-state index contributed by atoms with van der Waals surface area (Å²) in [6, 6.07) is 8.20. The fourth-order valence-corrected chi connectivity index (χ4v) is 3.41. The lowest BCUT2D eigenvalue weighted by molar-refractivity contribution is 0.0250. The maximum atomic E-state index is 12.4. The summed E-state index contributed by atoms with van der Waals surface area (Å²) in [6.07, 6.45) is 1.30. The molecule has 8 heteroatoms. The van der Waals surface area contributed by atoms with Crippen LogP contribution in [0, 0.1) is 5.92 Å². The summed E-state index contributed by atoms with van der Waals surface area (Å²) in [4.78, 5) is 23.6. The second-order valence-electron chi connectivity index (χ2n) is 6.11. The molecule has 138 valence electrons. The smallest absolute Gasteiger partial charge is 0.341 e. The van der Waals surface area contributed by atoms with Gasteiger partial charge in [0.05, 0.1) is 22.8 Å². The number of pyridine rings is 1. The fourth-order valence-electron chi connectivity index (χ4n) is 3.10. The van der Waals surface area contributed by atoms with Crippen molar-refractivity contribution in [3.05, 3.63) is 68.1 Å². The van der Waals surface area contributed by atoms with E-state index in [4.69, 9.17) is 33.0 Å². The first-order chi connectivity index (χ1) is 12.5. The average molecular weight is 397 g/mol. The predicted octanol–water partition coefficient (Wildman–Crippen LogP) is 2.83. The lowest BCUT2D eigenvalue weighted by Gasteiger charge is -2.26. The van der Waals surface area contributed by atoms with Gasteiger partial charge in [-0.25, -0.2) is 4.79 Å². The highest BCUT2D eigenvalue weighted by molar-refractivity contribution is 6.42. The molecule has 1 aliphatic rings. The molecule has 1 aromatic heterocycles. The average Bonchev–Trinajstić information content (AvgIpc) is 2.84. The Labute approximate surface area is 160 Å². The van der Waals surface area contributed by atoms with Crippen LogP contribution in [0.3, 0.4) is 0 Å². The van der Waals surface area contributed by atoms with Gasteiger partial charge in [0.1, 0.15) is 5.56 Å². The van der Waals surface area contributed by atoms with E-state index in [1.54, 1.807) is 24.4 Å². The van der Waals surface area contributed by atoms with Crippen molar-refractivity contribution in [3.8, 4) is 0 Å². The summed E-state index contributed by atoms with van der Waals surface area (Å²) in [5.74, 6) is -1.32. The molecule has 2 atom stereocenters. The van der Waals surface area contributed by atoms with Crippen molar-refractivity contribution in [2.24, 2.45) is 5.92 Å². The van der Waals surface area contributed by atoms with Gasteiger partial charge >= 0.3 is 5.97 Å². The first-order valence-corrected chi connectivity index (χ1v) is 8.93. The topological polar surface area (TPSA) is 80.6 Å². The fraction of sp³-hybridized carbons (Fsp3) is 0.333. The van der Waals surface area contributed by atoms with Gasteiger partial charge in [0.2, 0.25) is 0 Å². The van der Waals surface area contributed by atoms with Gasteiger partial charge in [-0.2, -0.15) is 0 Å². The number of aromatic nitrogens is 1. The number of hydrogen-bond donors (Lipinski definition) is 2. The molecule has 1 fully saturated rings. The number of carboxylic acid groups (broad SMARTS) is 1. The number of carbonyl (C=O) groups is 1. The monoisotopic (exact) mass is 396 g/mol. The predicted molar refractivity (Wildman–Crippen MR) is 99.2 cm³/mol. The molecular formula is C18H18Cl2N2O4. The van der Waals surface area contributed by atoms with Gasteiger partial charge in [-0.3, -0.25) is 4.79 Å². The molecule has 0 amide bonds. The second kappa shape index (κ2) is 8.22. The number of nitrogens with zero attached hydrogens (tertiary/aromatic N) is 1. The molecule has 0 aliphatic carbocycles. The lowest BCUT2D eigenvalue weighted by atomic mass is 9.95. The Bertz CT molecular complexity index is 869. The van der Waals surface area contributed by atoms with Crippen molar-refractivity contribution in [3.63, 3.8) is 0 Å². The largest absolute Gasteiger partial charge is 0.477 e. The zero-order chi connectivity index (χ0) is 18.7. The van der Waals surface area contributed by atoms with Crippen LogP contribution < -0.4 is 10.9 Å². The van der Waals surface area contributed by atoms with Crippen LogP contribution in [-0.4, -0.2) is 35.3 Å². The molecule has 0 saturated carbocycles. The van der Waals surface area contributed by atoms with E-state index in [1.807, 2.05) is 6.07 Å². The number of rotatable bonds is 4. The minimum atomic E-state index is -1.24. The van der Waals surface area contributed by atoms with Crippen LogP contribution in [0.2, 0.25) is 10.0 Å². The normalized spacial score (nSPS) is 20.5. The number of carboxylic acids is 1. The van der Waals surface area contributed by atoms with Crippen molar-refractivity contribution in [1.82, 2.24) is 9.88 Å². The van der Waals surface area contributed by atoms with Gasteiger partial charge in [-0.1, -0.05) is 29.3 Å². The molecule has 0 spiro atoms. The molecule has 2 N–H and O–H groups in total. The van der Waals surface area contributed by atoms with Crippen molar-refractivity contribution >= 4 is 29.2 Å². The second-order valence-corrected chi connectivity index (χ2v) is 6.93. The van der Waals surface area contributed by atoms with E-state index in [1.165, 1.54) is 10.6 Å². The number of benzene rings is 1. The molecule has 0 radical (unpaired) electrons. The van der Waals surface area contributed by atoms with Crippen LogP contribution in [0.15, 0.2) is 41.3 Å². The Kier molecular flexibility index (Phi) is 5.98. The Morgan fingerprint density at radius 1 is 1.31 bits per heavy atom. The highest BCUT2D eigenvalue weighted by atomic mass is 35.5. The minimum absolute atomic E-state index is 0.0866. The van der Waals surface area contributed by atoms with Crippen molar-refractivity contribution in [2.45, 2.75) is 12.6 Å². The van der Waals surface area contributed by atoms with Crippen molar-refractivity contribution < 1.29 is 14.6 Å². The van der Waals surface area contributed by atoms with Crippen LogP contribution in [-0.2, 0) is 11.3 Å². The van der Waals surface area contributed by atoms with E-state index in [-0.39, 0.29) is 17.6 Å². The molecule has 6 nitrogen and oxygen atoms in total. The minimum Gasteiger partial charge on any atom is -0.477 e. The van der Waals surface area contributed by atoms with Gasteiger partial charge in [-0.05, 0) is 29.8 Å². The lowest BCUT2D eigenvalue weighted by Crippen LogP contribution is -2.33. The van der Waals surface area contributed by atoms with Crippen molar-refractivity contribution in [1.29, 1.82) is 0 Å². The van der Waals surface area contributed by atoms with Crippen LogP contribution in [0.4, 0.5) is 0 Å². The Hall–Kier alpha value is -1.86. The Balaban J connectivity index is 1.93. The van der Waals surface area contributed by atoms with E-state index in [0.717, 1.165) is 5.56 Å². The zero-order valence-corrected chi connectivity index (χ0v) is 15.3. The summed E-state index contributed by atoms with van der Waals surface area (Å²) >= 11 is 12.1. The first-order valence-electron chi connectivity index (χ1n) is 8.17. The van der Waals surface area contributed by atoms with Crippen LogP contribution >= 0.6 is 23.2 Å². The number of ether oxygens (including phenoxy) is 1. The molecule has 3 rings (SSSR count). The standard InChI is InChI=1S/C18H18Cl2N2O4/c19-14-4-3-11(8-15(14)20)16-12(9-21-5-7-26-16)10-22-6-1-2-13(17(22)23)18(24)25/h1-4,6,8,12,16,21H,5,7,9-10H2,(H,24,25). The summed E-state index contributed by atoms with van der Waals surface area (Å²) in [5.41, 5.74) is 0.0914. The van der Waals surface area contributed by atoms with E-state index >= 15 is 0 Å². The van der Waals surface area contributed by atoms with Crippen molar-refractivity contribution in [2.75, 3.05) is 19.7 Å². The molecule has 0 bridgehead atoms. The maximum Gasteiger partial charge on any atom is 0.341 e. The van der Waals surface area contributed by atoms with Crippen LogP contribution in [0.5, 0.6) is 0 Å². The molecular weight excluding hydrogens is 379 g/mol. The maximum absolute atomic E-state index is 12.4. The van der Waals surface area contributed by atoms with Gasteiger partial charge < -0.3 is 19.7 Å². The summed E-state index contributed by atoms with van der Waals surface area (Å²) in [7, 11) is 0. The number of nitrogens with one attached hydrogen (secondary N) is 1. The molecule has 2 heterocycles. The summed E-state index contributed by atoms with van der Waals surface area (Å²) < 4.78 is 7.40.